The number of carbonyl (C=O) groups excluding carboxylic acids is 2. The molecule has 1 aliphatic carbocycles. The van der Waals surface area contributed by atoms with E-state index in [0.29, 0.717) is 24.7 Å². The van der Waals surface area contributed by atoms with Crippen molar-refractivity contribution in [2.75, 3.05) is 0 Å². The van der Waals surface area contributed by atoms with Crippen LogP contribution in [0.2, 0.25) is 0 Å². The van der Waals surface area contributed by atoms with Crippen molar-refractivity contribution < 1.29 is 14.3 Å². The van der Waals surface area contributed by atoms with E-state index in [4.69, 9.17) is 4.74 Å². The van der Waals surface area contributed by atoms with Crippen LogP contribution in [0.15, 0.2) is 0 Å². The maximum Gasteiger partial charge on any atom is 0.303 e. The SMILES string of the molecule is CC(=O)CCC1C(C#N)C(C(C)C)CCC1(C)OC(C)=O. The lowest BCUT2D eigenvalue weighted by Crippen LogP contribution is -2.49. The Hall–Kier alpha value is -1.37. The van der Waals surface area contributed by atoms with Gasteiger partial charge in [0, 0.05) is 19.3 Å². The van der Waals surface area contributed by atoms with Crippen molar-refractivity contribution in [1.29, 1.82) is 5.26 Å². The Morgan fingerprint density at radius 3 is 2.43 bits per heavy atom. The molecule has 0 aromatic heterocycles. The Labute approximate surface area is 127 Å². The monoisotopic (exact) mass is 293 g/mol. The number of Topliss-reactive ketones (excluding diaryl/α,β-unsaturated/α-hetero) is 1. The molecule has 4 atom stereocenters. The molecule has 4 nitrogen and oxygen atoms in total. The third kappa shape index (κ3) is 4.30. The first-order chi connectivity index (χ1) is 9.71. The number of hydrogen-bond donors (Lipinski definition) is 0. The fourth-order valence-electron chi connectivity index (χ4n) is 3.73. The van der Waals surface area contributed by atoms with Gasteiger partial charge in [0.05, 0.1) is 12.0 Å². The van der Waals surface area contributed by atoms with Crippen LogP contribution >= 0.6 is 0 Å². The van der Waals surface area contributed by atoms with Crippen LogP contribution in [0, 0.1) is 35.0 Å². The second-order valence-corrected chi connectivity index (χ2v) is 6.85. The summed E-state index contributed by atoms with van der Waals surface area (Å²) in [7, 11) is 0. The molecule has 0 amide bonds. The van der Waals surface area contributed by atoms with Crippen molar-refractivity contribution in [3.8, 4) is 6.07 Å². The van der Waals surface area contributed by atoms with E-state index in [0.717, 1.165) is 12.8 Å². The van der Waals surface area contributed by atoms with Gasteiger partial charge < -0.3 is 9.53 Å². The van der Waals surface area contributed by atoms with Gasteiger partial charge in [-0.1, -0.05) is 13.8 Å². The summed E-state index contributed by atoms with van der Waals surface area (Å²) in [5.41, 5.74) is -0.632. The molecule has 21 heavy (non-hydrogen) atoms. The van der Waals surface area contributed by atoms with E-state index >= 15 is 0 Å². The zero-order chi connectivity index (χ0) is 16.2. The second kappa shape index (κ2) is 7.06. The van der Waals surface area contributed by atoms with Gasteiger partial charge in [-0.05, 0) is 44.9 Å². The molecule has 0 aromatic carbocycles. The van der Waals surface area contributed by atoms with Gasteiger partial charge in [-0.2, -0.15) is 5.26 Å². The van der Waals surface area contributed by atoms with Crippen molar-refractivity contribution in [1.82, 2.24) is 0 Å². The number of carbonyl (C=O) groups is 2. The van der Waals surface area contributed by atoms with Crippen molar-refractivity contribution in [2.45, 2.75) is 65.9 Å². The third-order valence-corrected chi connectivity index (χ3v) is 4.84. The Bertz CT molecular complexity index is 438. The van der Waals surface area contributed by atoms with Gasteiger partial charge >= 0.3 is 5.97 Å². The lowest BCUT2D eigenvalue weighted by molar-refractivity contribution is -0.171. The summed E-state index contributed by atoms with van der Waals surface area (Å²) < 4.78 is 5.58. The summed E-state index contributed by atoms with van der Waals surface area (Å²) in [6, 6.07) is 2.43. The largest absolute Gasteiger partial charge is 0.459 e. The van der Waals surface area contributed by atoms with Gasteiger partial charge in [-0.3, -0.25) is 4.79 Å². The fraction of sp³-hybridized carbons (Fsp3) is 0.824. The molecule has 4 heteroatoms. The fourth-order valence-corrected chi connectivity index (χ4v) is 3.73. The molecule has 0 N–H and O–H groups in total. The predicted octanol–water partition coefficient (Wildman–Crippen LogP) is 3.50. The molecule has 0 saturated heterocycles. The van der Waals surface area contributed by atoms with Crippen molar-refractivity contribution >= 4 is 11.8 Å². The van der Waals surface area contributed by atoms with Crippen LogP contribution < -0.4 is 0 Å². The smallest absolute Gasteiger partial charge is 0.303 e. The maximum absolute atomic E-state index is 11.4. The zero-order valence-corrected chi connectivity index (χ0v) is 13.8. The molecule has 1 saturated carbocycles. The number of rotatable bonds is 5. The quantitative estimate of drug-likeness (QED) is 0.728. The van der Waals surface area contributed by atoms with Crippen molar-refractivity contribution in [3.05, 3.63) is 0 Å². The number of ketones is 1. The Kier molecular flexibility index (Phi) is 5.95. The Morgan fingerprint density at radius 1 is 1.38 bits per heavy atom. The molecule has 0 heterocycles. The minimum absolute atomic E-state index is 0.0727. The van der Waals surface area contributed by atoms with Gasteiger partial charge in [0.15, 0.2) is 0 Å². The third-order valence-electron chi connectivity index (χ3n) is 4.84. The maximum atomic E-state index is 11.4. The molecule has 4 unspecified atom stereocenters. The normalized spacial score (nSPS) is 32.5. The van der Waals surface area contributed by atoms with E-state index in [1.54, 1.807) is 6.92 Å². The number of esters is 1. The van der Waals surface area contributed by atoms with Crippen molar-refractivity contribution in [3.63, 3.8) is 0 Å². The van der Waals surface area contributed by atoms with Gasteiger partial charge in [0.2, 0.25) is 0 Å². The molecule has 1 aliphatic rings. The van der Waals surface area contributed by atoms with Crippen LogP contribution in [0.25, 0.3) is 0 Å². The van der Waals surface area contributed by atoms with Crippen LogP contribution in [0.4, 0.5) is 0 Å². The molecule has 0 aliphatic heterocycles. The minimum Gasteiger partial charge on any atom is -0.459 e. The summed E-state index contributed by atoms with van der Waals surface area (Å²) in [5, 5.41) is 9.64. The van der Waals surface area contributed by atoms with E-state index in [2.05, 4.69) is 19.9 Å². The molecule has 118 valence electrons. The number of hydrogen-bond acceptors (Lipinski definition) is 4. The summed E-state index contributed by atoms with van der Waals surface area (Å²) in [6.45, 7) is 9.15. The van der Waals surface area contributed by atoms with Crippen LogP contribution in [-0.2, 0) is 14.3 Å². The minimum atomic E-state index is -0.632. The highest BCUT2D eigenvalue weighted by molar-refractivity contribution is 5.75. The zero-order valence-electron chi connectivity index (χ0n) is 13.8. The molecule has 0 aromatic rings. The molecule has 0 bridgehead atoms. The molecule has 0 radical (unpaired) electrons. The van der Waals surface area contributed by atoms with Gasteiger partial charge in [0.25, 0.3) is 0 Å². The Morgan fingerprint density at radius 2 is 2.00 bits per heavy atom. The van der Waals surface area contributed by atoms with Crippen molar-refractivity contribution in [2.24, 2.45) is 23.7 Å². The predicted molar refractivity (Wildman–Crippen MR) is 80.2 cm³/mol. The summed E-state index contributed by atoms with van der Waals surface area (Å²) in [5.74, 6) is 0.277. The average Bonchev–Trinajstić information content (AvgIpc) is 2.34. The van der Waals surface area contributed by atoms with E-state index in [9.17, 15) is 14.9 Å². The highest BCUT2D eigenvalue weighted by Gasteiger charge is 2.49. The average molecular weight is 293 g/mol. The number of ether oxygens (including phenoxy) is 1. The van der Waals surface area contributed by atoms with E-state index in [1.807, 2.05) is 6.92 Å². The topological polar surface area (TPSA) is 67.2 Å². The first-order valence-electron chi connectivity index (χ1n) is 7.80. The first kappa shape index (κ1) is 17.7. The first-order valence-corrected chi connectivity index (χ1v) is 7.80. The van der Waals surface area contributed by atoms with E-state index in [1.165, 1.54) is 6.92 Å². The molecular weight excluding hydrogens is 266 g/mol. The lowest BCUT2D eigenvalue weighted by Gasteiger charge is -2.47. The number of nitrogens with zero attached hydrogens (tertiary/aromatic N) is 1. The lowest BCUT2D eigenvalue weighted by atomic mass is 9.61. The van der Waals surface area contributed by atoms with Crippen LogP contribution in [0.3, 0.4) is 0 Å². The van der Waals surface area contributed by atoms with Gasteiger partial charge in [-0.25, -0.2) is 0 Å². The summed E-state index contributed by atoms with van der Waals surface area (Å²) >= 11 is 0. The molecule has 1 rings (SSSR count). The summed E-state index contributed by atoms with van der Waals surface area (Å²) in [4.78, 5) is 22.8. The van der Waals surface area contributed by atoms with Crippen LogP contribution in [-0.4, -0.2) is 17.4 Å². The van der Waals surface area contributed by atoms with Gasteiger partial charge in [0.1, 0.15) is 11.4 Å². The van der Waals surface area contributed by atoms with Gasteiger partial charge in [-0.15, -0.1) is 0 Å². The van der Waals surface area contributed by atoms with E-state index in [-0.39, 0.29) is 23.6 Å². The highest BCUT2D eigenvalue weighted by atomic mass is 16.6. The standard InChI is InChI=1S/C17H27NO3/c1-11(2)14-8-9-17(5,21-13(4)20)16(15(14)10-18)7-6-12(3)19/h11,14-16H,6-9H2,1-5H3. The second-order valence-electron chi connectivity index (χ2n) is 6.85. The molecule has 0 spiro atoms. The molecular formula is C17H27NO3. The summed E-state index contributed by atoms with van der Waals surface area (Å²) in [6.07, 6.45) is 2.69. The van der Waals surface area contributed by atoms with Crippen LogP contribution in [0.5, 0.6) is 0 Å². The van der Waals surface area contributed by atoms with Crippen LogP contribution in [0.1, 0.15) is 60.3 Å². The number of nitriles is 1. The molecule has 1 fully saturated rings. The highest BCUT2D eigenvalue weighted by Crippen LogP contribution is 2.47. The van der Waals surface area contributed by atoms with E-state index < -0.39 is 5.60 Å². The Balaban J connectivity index is 3.06.